The highest BCUT2D eigenvalue weighted by atomic mass is 32.2. The Kier molecular flexibility index (Phi) is 6.48. The van der Waals surface area contributed by atoms with Crippen molar-refractivity contribution in [3.8, 4) is 21.9 Å². The third kappa shape index (κ3) is 4.49. The number of hydrogen-bond donors (Lipinski definition) is 1. The Balaban J connectivity index is 1.54. The molecule has 2 heterocycles. The molecule has 1 N–H and O–H groups in total. The molecule has 0 aliphatic rings. The fourth-order valence-electron chi connectivity index (χ4n) is 3.14. The van der Waals surface area contributed by atoms with Crippen LogP contribution in [0.5, 0.6) is 11.5 Å². The molecule has 7 nitrogen and oxygen atoms in total. The van der Waals surface area contributed by atoms with E-state index in [9.17, 15) is 9.59 Å². The van der Waals surface area contributed by atoms with E-state index >= 15 is 0 Å². The number of nitrogens with one attached hydrogen (secondary N) is 1. The van der Waals surface area contributed by atoms with Crippen LogP contribution in [-0.4, -0.2) is 35.4 Å². The molecule has 2 aromatic carbocycles. The Hall–Kier alpha value is -3.30. The molecule has 0 radical (unpaired) electrons. The van der Waals surface area contributed by atoms with Crippen LogP contribution in [0.25, 0.3) is 20.7 Å². The van der Waals surface area contributed by atoms with Crippen molar-refractivity contribution in [1.29, 1.82) is 0 Å². The normalized spacial score (nSPS) is 10.8. The van der Waals surface area contributed by atoms with Crippen molar-refractivity contribution >= 4 is 44.9 Å². The molecule has 4 aromatic rings. The molecule has 164 valence electrons. The highest BCUT2D eigenvalue weighted by Gasteiger charge is 2.15. The first-order valence-corrected chi connectivity index (χ1v) is 11.5. The van der Waals surface area contributed by atoms with E-state index in [1.165, 1.54) is 34.8 Å². The summed E-state index contributed by atoms with van der Waals surface area (Å²) in [6.45, 7) is 0. The van der Waals surface area contributed by atoms with Gasteiger partial charge in [0.1, 0.15) is 16.2 Å². The maximum absolute atomic E-state index is 12.9. The summed E-state index contributed by atoms with van der Waals surface area (Å²) in [6, 6.07) is 17.0. The van der Waals surface area contributed by atoms with Crippen molar-refractivity contribution in [2.75, 3.05) is 25.3 Å². The Morgan fingerprint density at radius 1 is 1.12 bits per heavy atom. The summed E-state index contributed by atoms with van der Waals surface area (Å²) < 4.78 is 12.6. The number of ether oxygens (including phenoxy) is 2. The number of anilines is 1. The largest absolute Gasteiger partial charge is 0.497 e. The van der Waals surface area contributed by atoms with E-state index in [-0.39, 0.29) is 17.2 Å². The SMILES string of the molecule is COc1ccc(OC)c(NC(=O)CSc2nc3cc(-c4ccccc4)sc3c(=O)n2C)c1. The summed E-state index contributed by atoms with van der Waals surface area (Å²) in [5.74, 6) is 0.978. The number of thiophene rings is 1. The van der Waals surface area contributed by atoms with Gasteiger partial charge in [0, 0.05) is 18.0 Å². The number of rotatable bonds is 7. The second-order valence-electron chi connectivity index (χ2n) is 6.85. The monoisotopic (exact) mass is 467 g/mol. The number of fused-ring (bicyclic) bond motifs is 1. The lowest BCUT2D eigenvalue weighted by atomic mass is 10.2. The molecule has 0 bridgehead atoms. The lowest BCUT2D eigenvalue weighted by Gasteiger charge is -2.12. The van der Waals surface area contributed by atoms with Crippen LogP contribution in [0.15, 0.2) is 64.5 Å². The molecule has 0 unspecified atom stereocenters. The molecular formula is C23H21N3O4S2. The van der Waals surface area contributed by atoms with E-state index in [1.54, 1.807) is 32.4 Å². The summed E-state index contributed by atoms with van der Waals surface area (Å²) in [6.07, 6.45) is 0. The second-order valence-corrected chi connectivity index (χ2v) is 8.85. The van der Waals surface area contributed by atoms with Gasteiger partial charge in [0.2, 0.25) is 5.91 Å². The number of hydrogen-bond acceptors (Lipinski definition) is 7. The highest BCUT2D eigenvalue weighted by molar-refractivity contribution is 7.99. The van der Waals surface area contributed by atoms with Gasteiger partial charge in [0.15, 0.2) is 5.16 Å². The number of amides is 1. The molecule has 0 aliphatic carbocycles. The van der Waals surface area contributed by atoms with Crippen molar-refractivity contribution in [2.45, 2.75) is 5.16 Å². The fourth-order valence-corrected chi connectivity index (χ4v) is 4.99. The molecule has 0 saturated heterocycles. The van der Waals surface area contributed by atoms with Gasteiger partial charge >= 0.3 is 0 Å². The van der Waals surface area contributed by atoms with E-state index in [2.05, 4.69) is 10.3 Å². The molecule has 32 heavy (non-hydrogen) atoms. The van der Waals surface area contributed by atoms with Gasteiger partial charge < -0.3 is 14.8 Å². The number of thioether (sulfide) groups is 1. The summed E-state index contributed by atoms with van der Waals surface area (Å²) >= 11 is 2.63. The summed E-state index contributed by atoms with van der Waals surface area (Å²) in [5, 5.41) is 3.30. The van der Waals surface area contributed by atoms with Crippen LogP contribution < -0.4 is 20.3 Å². The van der Waals surface area contributed by atoms with Gasteiger partial charge in [-0.1, -0.05) is 42.1 Å². The number of carbonyl (C=O) groups is 1. The molecular weight excluding hydrogens is 446 g/mol. The zero-order chi connectivity index (χ0) is 22.7. The third-order valence-corrected chi connectivity index (χ3v) is 6.98. The minimum Gasteiger partial charge on any atom is -0.497 e. The van der Waals surface area contributed by atoms with Gasteiger partial charge in [0.05, 0.1) is 31.2 Å². The van der Waals surface area contributed by atoms with E-state index in [0.29, 0.717) is 32.6 Å². The van der Waals surface area contributed by atoms with E-state index in [1.807, 2.05) is 36.4 Å². The van der Waals surface area contributed by atoms with Gasteiger partial charge in [-0.2, -0.15) is 0 Å². The molecule has 0 saturated carbocycles. The predicted molar refractivity (Wildman–Crippen MR) is 129 cm³/mol. The van der Waals surface area contributed by atoms with Gasteiger partial charge in [-0.25, -0.2) is 4.98 Å². The molecule has 2 aromatic heterocycles. The first-order valence-electron chi connectivity index (χ1n) is 9.71. The topological polar surface area (TPSA) is 82.5 Å². The molecule has 0 spiro atoms. The van der Waals surface area contributed by atoms with Crippen LogP contribution in [0.1, 0.15) is 0 Å². The van der Waals surface area contributed by atoms with Crippen LogP contribution in [-0.2, 0) is 11.8 Å². The Morgan fingerprint density at radius 3 is 2.62 bits per heavy atom. The van der Waals surface area contributed by atoms with Crippen molar-refractivity contribution < 1.29 is 14.3 Å². The Morgan fingerprint density at radius 2 is 1.91 bits per heavy atom. The highest BCUT2D eigenvalue weighted by Crippen LogP contribution is 2.32. The van der Waals surface area contributed by atoms with Gasteiger partial charge in [-0.05, 0) is 23.8 Å². The standard InChI is InChI=1S/C23H21N3O4S2/c1-26-22(28)21-17(12-19(32-21)14-7-5-4-6-8-14)25-23(26)31-13-20(27)24-16-11-15(29-2)9-10-18(16)30-3/h4-12H,13H2,1-3H3,(H,24,27). The van der Waals surface area contributed by atoms with Crippen LogP contribution in [0.2, 0.25) is 0 Å². The van der Waals surface area contributed by atoms with Crippen LogP contribution in [0.3, 0.4) is 0 Å². The third-order valence-electron chi connectivity index (χ3n) is 4.79. The summed E-state index contributed by atoms with van der Waals surface area (Å²) in [7, 11) is 4.76. The van der Waals surface area contributed by atoms with E-state index in [0.717, 1.165) is 10.4 Å². The van der Waals surface area contributed by atoms with Crippen molar-refractivity contribution in [3.63, 3.8) is 0 Å². The number of benzene rings is 2. The Bertz CT molecular complexity index is 1330. The molecule has 9 heteroatoms. The molecule has 1 amide bonds. The molecule has 0 atom stereocenters. The van der Waals surface area contributed by atoms with Gasteiger partial charge in [0.25, 0.3) is 5.56 Å². The summed E-state index contributed by atoms with van der Waals surface area (Å²) in [4.78, 5) is 31.0. The van der Waals surface area contributed by atoms with Crippen LogP contribution in [0.4, 0.5) is 5.69 Å². The first-order chi connectivity index (χ1) is 15.5. The maximum atomic E-state index is 12.9. The number of nitrogens with zero attached hydrogens (tertiary/aromatic N) is 2. The molecule has 0 fully saturated rings. The lowest BCUT2D eigenvalue weighted by molar-refractivity contribution is -0.113. The summed E-state index contributed by atoms with van der Waals surface area (Å²) in [5.41, 5.74) is 2.06. The predicted octanol–water partition coefficient (Wildman–Crippen LogP) is 4.41. The van der Waals surface area contributed by atoms with Crippen molar-refractivity contribution in [3.05, 3.63) is 65.0 Å². The average molecular weight is 468 g/mol. The Labute approximate surface area is 193 Å². The van der Waals surface area contributed by atoms with Crippen molar-refractivity contribution in [1.82, 2.24) is 9.55 Å². The van der Waals surface area contributed by atoms with E-state index in [4.69, 9.17) is 9.47 Å². The first kappa shape index (κ1) is 21.9. The molecule has 0 aliphatic heterocycles. The number of aromatic nitrogens is 2. The van der Waals surface area contributed by atoms with Crippen molar-refractivity contribution in [2.24, 2.45) is 7.05 Å². The quantitative estimate of drug-likeness (QED) is 0.320. The fraction of sp³-hybridized carbons (Fsp3) is 0.174. The van der Waals surface area contributed by atoms with Crippen LogP contribution >= 0.6 is 23.1 Å². The minimum absolute atomic E-state index is 0.0851. The zero-order valence-electron chi connectivity index (χ0n) is 17.7. The zero-order valence-corrected chi connectivity index (χ0v) is 19.4. The second kappa shape index (κ2) is 9.46. The number of methoxy groups -OCH3 is 2. The number of carbonyl (C=O) groups excluding carboxylic acids is 1. The average Bonchev–Trinajstić information content (AvgIpc) is 3.25. The smallest absolute Gasteiger partial charge is 0.271 e. The maximum Gasteiger partial charge on any atom is 0.271 e. The van der Waals surface area contributed by atoms with Gasteiger partial charge in [-0.15, -0.1) is 11.3 Å². The van der Waals surface area contributed by atoms with Crippen LogP contribution in [0, 0.1) is 0 Å². The minimum atomic E-state index is -0.244. The van der Waals surface area contributed by atoms with E-state index < -0.39 is 0 Å². The lowest BCUT2D eigenvalue weighted by Crippen LogP contribution is -2.20. The molecule has 4 rings (SSSR count). The van der Waals surface area contributed by atoms with Gasteiger partial charge in [-0.3, -0.25) is 14.2 Å².